The number of rotatable bonds is 5. The van der Waals surface area contributed by atoms with Gasteiger partial charge in [0.1, 0.15) is 4.47 Å². The number of halogens is 1. The number of anilines is 1. The lowest BCUT2D eigenvalue weighted by Crippen LogP contribution is -2.58. The molecule has 4 aliphatic rings. The van der Waals surface area contributed by atoms with Crippen molar-refractivity contribution in [2.75, 3.05) is 11.9 Å². The zero-order chi connectivity index (χ0) is 22.8. The van der Waals surface area contributed by atoms with Gasteiger partial charge < -0.3 is 5.32 Å². The van der Waals surface area contributed by atoms with Crippen LogP contribution in [0.1, 0.15) is 54.3 Å². The van der Waals surface area contributed by atoms with Crippen LogP contribution in [-0.4, -0.2) is 39.1 Å². The first kappa shape index (κ1) is 21.4. The van der Waals surface area contributed by atoms with Crippen molar-refractivity contribution in [3.63, 3.8) is 0 Å². The third-order valence-electron chi connectivity index (χ3n) is 8.09. The van der Waals surface area contributed by atoms with E-state index in [1.807, 2.05) is 0 Å². The minimum Gasteiger partial charge on any atom is -0.380 e. The topological polar surface area (TPSA) is 84.3 Å². The third kappa shape index (κ3) is 3.14. The van der Waals surface area contributed by atoms with Crippen molar-refractivity contribution >= 4 is 33.4 Å². The second-order valence-corrected chi connectivity index (χ2v) is 10.7. The van der Waals surface area contributed by atoms with E-state index >= 15 is 0 Å². The quantitative estimate of drug-likeness (QED) is 0.634. The number of imide groups is 1. The Morgan fingerprint density at radius 2 is 1.75 bits per heavy atom. The van der Waals surface area contributed by atoms with Gasteiger partial charge >= 0.3 is 0 Å². The predicted molar refractivity (Wildman–Crippen MR) is 125 cm³/mol. The zero-order valence-electron chi connectivity index (χ0n) is 18.5. The maximum absolute atomic E-state index is 12.9. The summed E-state index contributed by atoms with van der Waals surface area (Å²) in [5.74, 6) is 1.28. The SMILES string of the molecule is C[C@H]1[C@H]2C[C@H](C[C@H]1Nc1cnn(CCN3C(=O)c4ccccc4C3=O)c(=O)c1Br)C2(C)C. The molecule has 32 heavy (non-hydrogen) atoms. The van der Waals surface area contributed by atoms with E-state index in [-0.39, 0.29) is 30.5 Å². The third-order valence-corrected chi connectivity index (χ3v) is 8.86. The molecular formula is C24H27BrN4O3. The van der Waals surface area contributed by atoms with E-state index in [2.05, 4.69) is 47.1 Å². The van der Waals surface area contributed by atoms with Gasteiger partial charge in [0.15, 0.2) is 0 Å². The van der Waals surface area contributed by atoms with Gasteiger partial charge in [-0.25, -0.2) is 4.68 Å². The van der Waals surface area contributed by atoms with Crippen molar-refractivity contribution in [1.82, 2.24) is 14.7 Å². The number of hydrogen-bond donors (Lipinski definition) is 1. The minimum atomic E-state index is -0.330. The molecule has 0 saturated heterocycles. The monoisotopic (exact) mass is 498 g/mol. The van der Waals surface area contributed by atoms with Gasteiger partial charge in [0, 0.05) is 12.6 Å². The summed E-state index contributed by atoms with van der Waals surface area (Å²) in [5.41, 5.74) is 1.63. The summed E-state index contributed by atoms with van der Waals surface area (Å²) < 4.78 is 1.73. The Bertz CT molecular complexity index is 1140. The van der Waals surface area contributed by atoms with Crippen molar-refractivity contribution in [2.45, 2.75) is 46.2 Å². The maximum atomic E-state index is 12.9. The molecule has 2 bridgehead atoms. The Kier molecular flexibility index (Phi) is 5.04. The van der Waals surface area contributed by atoms with Gasteiger partial charge in [-0.05, 0) is 64.1 Å². The average molecular weight is 499 g/mol. The summed E-state index contributed by atoms with van der Waals surface area (Å²) in [5, 5.41) is 7.86. The van der Waals surface area contributed by atoms with Crippen LogP contribution >= 0.6 is 15.9 Å². The van der Waals surface area contributed by atoms with Crippen molar-refractivity contribution in [3.05, 3.63) is 56.4 Å². The predicted octanol–water partition coefficient (Wildman–Crippen LogP) is 3.78. The molecule has 6 rings (SSSR count). The maximum Gasteiger partial charge on any atom is 0.283 e. The molecule has 1 aliphatic heterocycles. The molecule has 1 aromatic heterocycles. The summed E-state index contributed by atoms with van der Waals surface area (Å²) in [6, 6.07) is 7.08. The van der Waals surface area contributed by atoms with Crippen LogP contribution in [0.5, 0.6) is 0 Å². The molecule has 7 nitrogen and oxygen atoms in total. The number of benzene rings is 1. The summed E-state index contributed by atoms with van der Waals surface area (Å²) in [6.45, 7) is 7.26. The van der Waals surface area contributed by atoms with E-state index in [1.54, 1.807) is 30.5 Å². The largest absolute Gasteiger partial charge is 0.380 e. The normalized spacial score (nSPS) is 27.8. The van der Waals surface area contributed by atoms with Gasteiger partial charge in [-0.2, -0.15) is 5.10 Å². The molecule has 0 unspecified atom stereocenters. The molecule has 4 atom stereocenters. The highest BCUT2D eigenvalue weighted by atomic mass is 79.9. The van der Waals surface area contributed by atoms with Gasteiger partial charge in [0.05, 0.1) is 29.6 Å². The van der Waals surface area contributed by atoms with Crippen LogP contribution in [0.2, 0.25) is 0 Å². The zero-order valence-corrected chi connectivity index (χ0v) is 20.1. The Morgan fingerprint density at radius 1 is 1.09 bits per heavy atom. The van der Waals surface area contributed by atoms with Gasteiger partial charge in [0.2, 0.25) is 0 Å². The van der Waals surface area contributed by atoms with Crippen molar-refractivity contribution in [1.29, 1.82) is 0 Å². The number of amides is 2. The van der Waals surface area contributed by atoms with Gasteiger partial charge in [-0.15, -0.1) is 0 Å². The molecule has 168 valence electrons. The van der Waals surface area contributed by atoms with Gasteiger partial charge in [-0.3, -0.25) is 19.3 Å². The van der Waals surface area contributed by atoms with Crippen LogP contribution < -0.4 is 10.9 Å². The minimum absolute atomic E-state index is 0.0938. The number of carbonyl (C=O) groups is 2. The number of fused-ring (bicyclic) bond motifs is 3. The average Bonchev–Trinajstić information content (AvgIpc) is 3.02. The molecule has 2 aromatic rings. The summed E-state index contributed by atoms with van der Waals surface area (Å²) >= 11 is 3.44. The molecule has 0 spiro atoms. The highest BCUT2D eigenvalue weighted by molar-refractivity contribution is 9.10. The molecular weight excluding hydrogens is 472 g/mol. The second kappa shape index (κ2) is 7.54. The van der Waals surface area contributed by atoms with E-state index in [9.17, 15) is 14.4 Å². The van der Waals surface area contributed by atoms with E-state index < -0.39 is 0 Å². The van der Waals surface area contributed by atoms with Crippen LogP contribution in [0.25, 0.3) is 0 Å². The fourth-order valence-electron chi connectivity index (χ4n) is 5.90. The molecule has 1 aromatic carbocycles. The lowest BCUT2D eigenvalue weighted by atomic mass is 9.45. The molecule has 2 amide bonds. The fourth-order valence-corrected chi connectivity index (χ4v) is 6.32. The summed E-state index contributed by atoms with van der Waals surface area (Å²) in [6.07, 6.45) is 4.05. The second-order valence-electron chi connectivity index (χ2n) is 9.91. The number of hydrogen-bond acceptors (Lipinski definition) is 5. The molecule has 3 fully saturated rings. The molecule has 3 aliphatic carbocycles. The number of aromatic nitrogens is 2. The smallest absolute Gasteiger partial charge is 0.283 e. The molecule has 3 saturated carbocycles. The van der Waals surface area contributed by atoms with E-state index in [0.717, 1.165) is 6.42 Å². The van der Waals surface area contributed by atoms with Crippen LogP contribution in [0.15, 0.2) is 39.7 Å². The summed E-state index contributed by atoms with van der Waals surface area (Å²) in [4.78, 5) is 39.2. The Balaban J connectivity index is 1.28. The van der Waals surface area contributed by atoms with Crippen molar-refractivity contribution < 1.29 is 9.59 Å². The fraction of sp³-hybridized carbons (Fsp3) is 0.500. The van der Waals surface area contributed by atoms with E-state index in [0.29, 0.717) is 50.5 Å². The number of carbonyl (C=O) groups excluding carboxylic acids is 2. The van der Waals surface area contributed by atoms with E-state index in [1.165, 1.54) is 16.0 Å². The van der Waals surface area contributed by atoms with Crippen LogP contribution in [0.4, 0.5) is 5.69 Å². The molecule has 2 heterocycles. The molecule has 0 radical (unpaired) electrons. The van der Waals surface area contributed by atoms with Gasteiger partial charge in [-0.1, -0.05) is 32.9 Å². The highest BCUT2D eigenvalue weighted by Gasteiger charge is 2.56. The van der Waals surface area contributed by atoms with Crippen LogP contribution in [-0.2, 0) is 6.54 Å². The Hall–Kier alpha value is -2.48. The molecule has 8 heteroatoms. The standard InChI is InChI=1S/C24H27BrN4O3/c1-13-17-10-14(24(17,2)3)11-18(13)27-19-12-26-29(23(32)20(19)25)9-8-28-21(30)15-6-4-5-7-16(15)22(28)31/h4-7,12-14,17-18,27H,8-11H2,1-3H3/t13-,14+,17+,18+/m0/s1. The number of nitrogens with one attached hydrogen (secondary N) is 1. The number of nitrogens with zero attached hydrogens (tertiary/aromatic N) is 3. The van der Waals surface area contributed by atoms with Crippen LogP contribution in [0, 0.1) is 23.2 Å². The van der Waals surface area contributed by atoms with Crippen LogP contribution in [0.3, 0.4) is 0 Å². The summed E-state index contributed by atoms with van der Waals surface area (Å²) in [7, 11) is 0. The Labute approximate surface area is 195 Å². The lowest BCUT2D eigenvalue weighted by Gasteiger charge is -2.62. The van der Waals surface area contributed by atoms with Gasteiger partial charge in [0.25, 0.3) is 17.4 Å². The first-order valence-electron chi connectivity index (χ1n) is 11.2. The highest BCUT2D eigenvalue weighted by Crippen LogP contribution is 2.61. The Morgan fingerprint density at radius 3 is 2.34 bits per heavy atom. The van der Waals surface area contributed by atoms with E-state index in [4.69, 9.17) is 0 Å². The first-order valence-corrected chi connectivity index (χ1v) is 12.0. The first-order chi connectivity index (χ1) is 15.2. The molecule has 1 N–H and O–H groups in total. The lowest BCUT2D eigenvalue weighted by molar-refractivity contribution is -0.105. The van der Waals surface area contributed by atoms with Crippen molar-refractivity contribution in [2.24, 2.45) is 23.2 Å². The van der Waals surface area contributed by atoms with Crippen molar-refractivity contribution in [3.8, 4) is 0 Å².